The molecule has 1 saturated heterocycles. The SMILES string of the molecule is CCCCCCCCCCCCCN1CCC(OC)CC1. The van der Waals surface area contributed by atoms with Gasteiger partial charge in [-0.25, -0.2) is 0 Å². The van der Waals surface area contributed by atoms with Gasteiger partial charge in [-0.3, -0.25) is 0 Å². The molecule has 0 atom stereocenters. The zero-order valence-corrected chi connectivity index (χ0v) is 14.7. The van der Waals surface area contributed by atoms with Gasteiger partial charge >= 0.3 is 0 Å². The highest BCUT2D eigenvalue weighted by atomic mass is 16.5. The lowest BCUT2D eigenvalue weighted by Crippen LogP contribution is -2.37. The Balaban J connectivity index is 1.77. The lowest BCUT2D eigenvalue weighted by atomic mass is 10.0. The molecule has 1 fully saturated rings. The molecule has 0 aromatic rings. The van der Waals surface area contributed by atoms with E-state index in [1.165, 1.54) is 103 Å². The zero-order chi connectivity index (χ0) is 15.2. The third kappa shape index (κ3) is 10.3. The van der Waals surface area contributed by atoms with E-state index in [2.05, 4.69) is 11.8 Å². The van der Waals surface area contributed by atoms with Crippen molar-refractivity contribution in [1.82, 2.24) is 4.90 Å². The first-order chi connectivity index (χ1) is 10.4. The Labute approximate surface area is 133 Å². The zero-order valence-electron chi connectivity index (χ0n) is 14.7. The molecule has 2 heteroatoms. The summed E-state index contributed by atoms with van der Waals surface area (Å²) in [4.78, 5) is 2.63. The fraction of sp³-hybridized carbons (Fsp3) is 1.00. The standard InChI is InChI=1S/C19H39NO/c1-3-4-5-6-7-8-9-10-11-12-13-16-20-17-14-19(21-2)15-18-20/h19H,3-18H2,1-2H3. The summed E-state index contributed by atoms with van der Waals surface area (Å²) >= 11 is 0. The molecule has 0 unspecified atom stereocenters. The van der Waals surface area contributed by atoms with Crippen LogP contribution in [-0.2, 0) is 4.74 Å². The normalized spacial score (nSPS) is 17.4. The molecular weight excluding hydrogens is 258 g/mol. The third-order valence-electron chi connectivity index (χ3n) is 4.95. The smallest absolute Gasteiger partial charge is 0.0595 e. The van der Waals surface area contributed by atoms with E-state index in [1.54, 1.807) is 0 Å². The first-order valence-electron chi connectivity index (χ1n) is 9.62. The molecule has 0 spiro atoms. The summed E-state index contributed by atoms with van der Waals surface area (Å²) in [5.74, 6) is 0. The molecule has 126 valence electrons. The average molecular weight is 298 g/mol. The largest absolute Gasteiger partial charge is 0.381 e. The summed E-state index contributed by atoms with van der Waals surface area (Å²) in [6.07, 6.45) is 18.8. The Morgan fingerprint density at radius 1 is 0.762 bits per heavy atom. The second kappa shape index (κ2) is 13.6. The quantitative estimate of drug-likeness (QED) is 0.422. The van der Waals surface area contributed by atoms with Crippen LogP contribution in [0.4, 0.5) is 0 Å². The molecule has 0 saturated carbocycles. The number of methoxy groups -OCH3 is 1. The molecule has 0 aromatic carbocycles. The molecule has 0 bridgehead atoms. The summed E-state index contributed by atoms with van der Waals surface area (Å²) in [5, 5.41) is 0. The molecule has 0 aliphatic carbocycles. The number of likely N-dealkylation sites (tertiary alicyclic amines) is 1. The van der Waals surface area contributed by atoms with Crippen LogP contribution in [0, 0.1) is 0 Å². The Morgan fingerprint density at radius 2 is 1.24 bits per heavy atom. The number of hydrogen-bond acceptors (Lipinski definition) is 2. The average Bonchev–Trinajstić information content (AvgIpc) is 2.53. The minimum Gasteiger partial charge on any atom is -0.381 e. The van der Waals surface area contributed by atoms with Crippen LogP contribution in [0.5, 0.6) is 0 Å². The monoisotopic (exact) mass is 297 g/mol. The van der Waals surface area contributed by atoms with Gasteiger partial charge in [0.15, 0.2) is 0 Å². The molecule has 1 rings (SSSR count). The Hall–Kier alpha value is -0.0800. The van der Waals surface area contributed by atoms with E-state index < -0.39 is 0 Å². The van der Waals surface area contributed by atoms with Crippen molar-refractivity contribution in [2.24, 2.45) is 0 Å². The summed E-state index contributed by atoms with van der Waals surface area (Å²) in [6.45, 7) is 6.10. The molecular formula is C19H39NO. The Morgan fingerprint density at radius 3 is 1.71 bits per heavy atom. The van der Waals surface area contributed by atoms with E-state index in [-0.39, 0.29) is 0 Å². The van der Waals surface area contributed by atoms with Crippen LogP contribution < -0.4 is 0 Å². The van der Waals surface area contributed by atoms with Crippen molar-refractivity contribution in [3.63, 3.8) is 0 Å². The molecule has 0 N–H and O–H groups in total. The predicted octanol–water partition coefficient (Wildman–Crippen LogP) is 5.41. The second-order valence-corrected chi connectivity index (χ2v) is 6.81. The van der Waals surface area contributed by atoms with Crippen molar-refractivity contribution in [2.45, 2.75) is 96.5 Å². The minimum atomic E-state index is 0.526. The first-order valence-corrected chi connectivity index (χ1v) is 9.62. The highest BCUT2D eigenvalue weighted by Gasteiger charge is 2.17. The maximum absolute atomic E-state index is 5.42. The van der Waals surface area contributed by atoms with Gasteiger partial charge in [-0.2, -0.15) is 0 Å². The van der Waals surface area contributed by atoms with Gasteiger partial charge in [-0.1, -0.05) is 71.1 Å². The van der Waals surface area contributed by atoms with Crippen LogP contribution in [0.3, 0.4) is 0 Å². The maximum atomic E-state index is 5.42. The van der Waals surface area contributed by atoms with Gasteiger partial charge in [-0.15, -0.1) is 0 Å². The summed E-state index contributed by atoms with van der Waals surface area (Å²) in [6, 6.07) is 0. The lowest BCUT2D eigenvalue weighted by molar-refractivity contribution is 0.0407. The maximum Gasteiger partial charge on any atom is 0.0595 e. The van der Waals surface area contributed by atoms with Gasteiger partial charge in [0, 0.05) is 20.2 Å². The van der Waals surface area contributed by atoms with Crippen LogP contribution in [0.1, 0.15) is 90.4 Å². The highest BCUT2D eigenvalue weighted by Crippen LogP contribution is 2.15. The highest BCUT2D eigenvalue weighted by molar-refractivity contribution is 4.71. The molecule has 1 aliphatic heterocycles. The number of hydrogen-bond donors (Lipinski definition) is 0. The summed E-state index contributed by atoms with van der Waals surface area (Å²) in [5.41, 5.74) is 0. The number of piperidine rings is 1. The fourth-order valence-corrected chi connectivity index (χ4v) is 3.37. The second-order valence-electron chi connectivity index (χ2n) is 6.81. The van der Waals surface area contributed by atoms with E-state index in [4.69, 9.17) is 4.74 Å². The number of nitrogens with zero attached hydrogens (tertiary/aromatic N) is 1. The first kappa shape index (κ1) is 19.0. The van der Waals surface area contributed by atoms with Crippen molar-refractivity contribution < 1.29 is 4.74 Å². The van der Waals surface area contributed by atoms with Crippen LogP contribution in [0.15, 0.2) is 0 Å². The third-order valence-corrected chi connectivity index (χ3v) is 4.95. The van der Waals surface area contributed by atoms with Crippen LogP contribution in [0.2, 0.25) is 0 Å². The molecule has 1 heterocycles. The van der Waals surface area contributed by atoms with Crippen molar-refractivity contribution in [3.05, 3.63) is 0 Å². The van der Waals surface area contributed by atoms with E-state index >= 15 is 0 Å². The Kier molecular flexibility index (Phi) is 12.3. The van der Waals surface area contributed by atoms with Gasteiger partial charge in [0.05, 0.1) is 6.10 Å². The van der Waals surface area contributed by atoms with E-state index in [1.807, 2.05) is 7.11 Å². The molecule has 2 nitrogen and oxygen atoms in total. The predicted molar refractivity (Wildman–Crippen MR) is 92.9 cm³/mol. The van der Waals surface area contributed by atoms with Crippen LogP contribution in [0.25, 0.3) is 0 Å². The summed E-state index contributed by atoms with van der Waals surface area (Å²) in [7, 11) is 1.85. The van der Waals surface area contributed by atoms with Gasteiger partial charge in [0.25, 0.3) is 0 Å². The topological polar surface area (TPSA) is 12.5 Å². The van der Waals surface area contributed by atoms with Gasteiger partial charge < -0.3 is 9.64 Å². The van der Waals surface area contributed by atoms with Crippen LogP contribution in [-0.4, -0.2) is 37.7 Å². The van der Waals surface area contributed by atoms with E-state index in [0.717, 1.165) is 0 Å². The minimum absolute atomic E-state index is 0.526. The number of rotatable bonds is 13. The van der Waals surface area contributed by atoms with Gasteiger partial charge in [-0.05, 0) is 25.8 Å². The van der Waals surface area contributed by atoms with Crippen molar-refractivity contribution in [1.29, 1.82) is 0 Å². The fourth-order valence-electron chi connectivity index (χ4n) is 3.37. The Bertz CT molecular complexity index is 212. The van der Waals surface area contributed by atoms with Gasteiger partial charge in [0.2, 0.25) is 0 Å². The number of ether oxygens (including phenoxy) is 1. The summed E-state index contributed by atoms with van der Waals surface area (Å²) < 4.78 is 5.42. The van der Waals surface area contributed by atoms with E-state index in [0.29, 0.717) is 6.10 Å². The number of unbranched alkanes of at least 4 members (excludes halogenated alkanes) is 10. The van der Waals surface area contributed by atoms with Crippen molar-refractivity contribution >= 4 is 0 Å². The molecule has 21 heavy (non-hydrogen) atoms. The van der Waals surface area contributed by atoms with Crippen LogP contribution >= 0.6 is 0 Å². The molecule has 0 aromatic heterocycles. The van der Waals surface area contributed by atoms with Gasteiger partial charge in [0.1, 0.15) is 0 Å². The molecule has 0 radical (unpaired) electrons. The van der Waals surface area contributed by atoms with E-state index in [9.17, 15) is 0 Å². The molecule has 0 amide bonds. The lowest BCUT2D eigenvalue weighted by Gasteiger charge is -2.31. The van der Waals surface area contributed by atoms with Crippen molar-refractivity contribution in [3.8, 4) is 0 Å². The van der Waals surface area contributed by atoms with Crippen molar-refractivity contribution in [2.75, 3.05) is 26.7 Å². The molecule has 1 aliphatic rings.